The Hall–Kier alpha value is -1.55. The van der Waals surface area contributed by atoms with E-state index in [4.69, 9.17) is 4.74 Å². The minimum absolute atomic E-state index is 0.00351. The highest BCUT2D eigenvalue weighted by atomic mass is 19.1. The monoisotopic (exact) mass is 296 g/mol. The zero-order chi connectivity index (χ0) is 16.0. The predicted molar refractivity (Wildman–Crippen MR) is 78.8 cm³/mol. The third-order valence-electron chi connectivity index (χ3n) is 2.88. The fraction of sp³-hybridized carbons (Fsp3) is 0.471. The first kappa shape index (κ1) is 17.5. The third-order valence-corrected chi connectivity index (χ3v) is 2.88. The Balaban J connectivity index is 2.72. The van der Waals surface area contributed by atoms with Crippen molar-refractivity contribution in [1.29, 1.82) is 0 Å². The smallest absolute Gasteiger partial charge is 0.162 e. The quantitative estimate of drug-likeness (QED) is 0.663. The Morgan fingerprint density at radius 2 is 1.76 bits per heavy atom. The van der Waals surface area contributed by atoms with Gasteiger partial charge in [-0.05, 0) is 30.5 Å². The Morgan fingerprint density at radius 1 is 1.19 bits per heavy atom. The summed E-state index contributed by atoms with van der Waals surface area (Å²) < 4.78 is 31.8. The second-order valence-corrected chi connectivity index (χ2v) is 5.80. The Bertz CT molecular complexity index is 489. The summed E-state index contributed by atoms with van der Waals surface area (Å²) >= 11 is 0. The molecule has 0 saturated carbocycles. The molecule has 2 nitrogen and oxygen atoms in total. The molecule has 1 aromatic rings. The summed E-state index contributed by atoms with van der Waals surface area (Å²) in [6.07, 6.45) is 0.218. The number of benzene rings is 1. The number of carbonyl (C=O) groups is 1. The number of ketones is 1. The molecule has 21 heavy (non-hydrogen) atoms. The van der Waals surface area contributed by atoms with Gasteiger partial charge in [0.25, 0.3) is 0 Å². The van der Waals surface area contributed by atoms with Crippen molar-refractivity contribution in [3.8, 4) is 0 Å². The summed E-state index contributed by atoms with van der Waals surface area (Å²) in [5.74, 6) is -1.08. The van der Waals surface area contributed by atoms with Crippen molar-refractivity contribution in [1.82, 2.24) is 0 Å². The minimum Gasteiger partial charge on any atom is -0.365 e. The van der Waals surface area contributed by atoms with Gasteiger partial charge in [0.15, 0.2) is 5.78 Å². The molecular formula is C17H22F2O2. The number of carbonyl (C=O) groups excluding carboxylic acids is 1. The van der Waals surface area contributed by atoms with Gasteiger partial charge < -0.3 is 4.74 Å². The fourth-order valence-corrected chi connectivity index (χ4v) is 2.01. The molecule has 0 bridgehead atoms. The average molecular weight is 296 g/mol. The van der Waals surface area contributed by atoms with E-state index in [-0.39, 0.29) is 18.3 Å². The van der Waals surface area contributed by atoms with Crippen molar-refractivity contribution >= 4 is 5.78 Å². The molecule has 0 aliphatic heterocycles. The normalized spacial score (nSPS) is 12.5. The van der Waals surface area contributed by atoms with E-state index in [1.807, 2.05) is 20.8 Å². The van der Waals surface area contributed by atoms with E-state index in [1.165, 1.54) is 12.1 Å². The lowest BCUT2D eigenvalue weighted by Gasteiger charge is -2.18. The lowest BCUT2D eigenvalue weighted by Crippen LogP contribution is -2.25. The molecule has 0 amide bonds. The molecule has 0 aromatic heterocycles. The Kier molecular flexibility index (Phi) is 6.69. The van der Waals surface area contributed by atoms with E-state index in [1.54, 1.807) is 0 Å². The molecule has 1 rings (SSSR count). The van der Waals surface area contributed by atoms with Crippen LogP contribution < -0.4 is 0 Å². The zero-order valence-corrected chi connectivity index (χ0v) is 12.8. The predicted octanol–water partition coefficient (Wildman–Crippen LogP) is 4.43. The van der Waals surface area contributed by atoms with E-state index in [0.29, 0.717) is 18.4 Å². The number of halogens is 2. The highest BCUT2D eigenvalue weighted by molar-refractivity contribution is 5.83. The van der Waals surface area contributed by atoms with Gasteiger partial charge in [0.2, 0.25) is 0 Å². The van der Waals surface area contributed by atoms with Gasteiger partial charge in [0.1, 0.15) is 17.7 Å². The fourth-order valence-electron chi connectivity index (χ4n) is 2.01. The molecule has 4 heteroatoms. The largest absolute Gasteiger partial charge is 0.365 e. The van der Waals surface area contributed by atoms with Gasteiger partial charge in [-0.15, -0.1) is 6.58 Å². The van der Waals surface area contributed by atoms with Crippen molar-refractivity contribution in [3.05, 3.63) is 47.5 Å². The molecule has 0 saturated heterocycles. The average Bonchev–Trinajstić information content (AvgIpc) is 2.31. The molecule has 0 fully saturated rings. The number of hydrogen-bond acceptors (Lipinski definition) is 2. The van der Waals surface area contributed by atoms with Crippen LogP contribution in [0, 0.1) is 17.6 Å². The van der Waals surface area contributed by atoms with Crippen LogP contribution in [0.1, 0.15) is 39.2 Å². The molecule has 0 aliphatic carbocycles. The number of Topliss-reactive ketones (excluding diaryl/α,β-unsaturated/α-hetero) is 1. The Morgan fingerprint density at radius 3 is 2.24 bits per heavy atom. The lowest BCUT2D eigenvalue weighted by atomic mass is 9.99. The van der Waals surface area contributed by atoms with E-state index in [0.717, 1.165) is 11.6 Å². The molecule has 0 N–H and O–H groups in total. The molecule has 1 aromatic carbocycles. The van der Waals surface area contributed by atoms with Gasteiger partial charge in [-0.1, -0.05) is 19.4 Å². The van der Waals surface area contributed by atoms with Gasteiger partial charge in [-0.25, -0.2) is 8.78 Å². The van der Waals surface area contributed by atoms with Gasteiger partial charge in [0.05, 0.1) is 6.61 Å². The SMILES string of the molecule is C=C(C)CC(OCc1cc(F)cc(F)c1)C(=O)CC(C)C. The molecule has 0 aliphatic rings. The lowest BCUT2D eigenvalue weighted by molar-refractivity contribution is -0.132. The first-order chi connectivity index (χ1) is 9.77. The topological polar surface area (TPSA) is 26.3 Å². The summed E-state index contributed by atoms with van der Waals surface area (Å²) in [5.41, 5.74) is 1.21. The molecule has 116 valence electrons. The molecule has 1 atom stereocenters. The summed E-state index contributed by atoms with van der Waals surface area (Å²) in [4.78, 5) is 12.1. The zero-order valence-electron chi connectivity index (χ0n) is 12.8. The van der Waals surface area contributed by atoms with Gasteiger partial charge in [0, 0.05) is 18.9 Å². The van der Waals surface area contributed by atoms with Crippen LogP contribution in [0.25, 0.3) is 0 Å². The van der Waals surface area contributed by atoms with Gasteiger partial charge in [-0.2, -0.15) is 0 Å². The van der Waals surface area contributed by atoms with Crippen LogP contribution in [0.3, 0.4) is 0 Å². The van der Waals surface area contributed by atoms with Crippen molar-refractivity contribution in [2.24, 2.45) is 5.92 Å². The summed E-state index contributed by atoms with van der Waals surface area (Å²) in [6, 6.07) is 3.21. The van der Waals surface area contributed by atoms with Crippen molar-refractivity contribution < 1.29 is 18.3 Å². The summed E-state index contributed by atoms with van der Waals surface area (Å²) in [6.45, 7) is 9.52. The van der Waals surface area contributed by atoms with Crippen LogP contribution in [0.5, 0.6) is 0 Å². The van der Waals surface area contributed by atoms with Crippen molar-refractivity contribution in [2.45, 2.75) is 46.3 Å². The van der Waals surface area contributed by atoms with Crippen LogP contribution in [-0.2, 0) is 16.1 Å². The van der Waals surface area contributed by atoms with E-state index < -0.39 is 17.7 Å². The van der Waals surface area contributed by atoms with E-state index in [9.17, 15) is 13.6 Å². The molecule has 0 heterocycles. The molecule has 1 unspecified atom stereocenters. The van der Waals surface area contributed by atoms with Crippen LogP contribution in [-0.4, -0.2) is 11.9 Å². The standard InChI is InChI=1S/C17H22F2O2/c1-11(2)5-16(20)17(6-12(3)4)21-10-13-7-14(18)9-15(19)8-13/h7-9,11,17H,3,5-6,10H2,1-2,4H3. The van der Waals surface area contributed by atoms with Crippen LogP contribution >= 0.6 is 0 Å². The van der Waals surface area contributed by atoms with Gasteiger partial charge >= 0.3 is 0 Å². The molecule has 0 radical (unpaired) electrons. The molecular weight excluding hydrogens is 274 g/mol. The maximum Gasteiger partial charge on any atom is 0.162 e. The van der Waals surface area contributed by atoms with Crippen LogP contribution in [0.15, 0.2) is 30.4 Å². The second-order valence-electron chi connectivity index (χ2n) is 5.80. The van der Waals surface area contributed by atoms with Crippen LogP contribution in [0.2, 0.25) is 0 Å². The maximum atomic E-state index is 13.1. The summed E-state index contributed by atoms with van der Waals surface area (Å²) in [7, 11) is 0. The Labute approximate surface area is 124 Å². The van der Waals surface area contributed by atoms with E-state index >= 15 is 0 Å². The minimum atomic E-state index is -0.654. The van der Waals surface area contributed by atoms with Crippen molar-refractivity contribution in [2.75, 3.05) is 0 Å². The number of hydrogen-bond donors (Lipinski definition) is 0. The highest BCUT2D eigenvalue weighted by Gasteiger charge is 2.20. The second kappa shape index (κ2) is 8.03. The first-order valence-electron chi connectivity index (χ1n) is 7.01. The maximum absolute atomic E-state index is 13.1. The van der Waals surface area contributed by atoms with E-state index in [2.05, 4.69) is 6.58 Å². The number of ether oxygens (including phenoxy) is 1. The van der Waals surface area contributed by atoms with Gasteiger partial charge in [-0.3, -0.25) is 4.79 Å². The third kappa shape index (κ3) is 6.63. The summed E-state index contributed by atoms with van der Waals surface area (Å²) in [5, 5.41) is 0. The van der Waals surface area contributed by atoms with Crippen molar-refractivity contribution in [3.63, 3.8) is 0 Å². The molecule has 0 spiro atoms. The first-order valence-corrected chi connectivity index (χ1v) is 7.01. The highest BCUT2D eigenvalue weighted by Crippen LogP contribution is 2.16. The van der Waals surface area contributed by atoms with Crippen LogP contribution in [0.4, 0.5) is 8.78 Å². The number of rotatable bonds is 8.